The number of amides is 1. The van der Waals surface area contributed by atoms with Crippen LogP contribution in [0.3, 0.4) is 0 Å². The van der Waals surface area contributed by atoms with E-state index in [4.69, 9.17) is 4.74 Å². The molecule has 0 saturated carbocycles. The molecular weight excluding hydrogens is 300 g/mol. The first kappa shape index (κ1) is 18.5. The largest absolute Gasteiger partial charge is 0.456 e. The predicted octanol–water partition coefficient (Wildman–Crippen LogP) is 4.77. The van der Waals surface area contributed by atoms with E-state index in [9.17, 15) is 4.79 Å². The maximum absolute atomic E-state index is 13.1. The highest BCUT2D eigenvalue weighted by atomic mass is 16.5. The van der Waals surface area contributed by atoms with E-state index in [1.165, 1.54) is 0 Å². The van der Waals surface area contributed by atoms with Gasteiger partial charge in [0.05, 0.1) is 11.7 Å². The Kier molecular flexibility index (Phi) is 5.68. The Balaban J connectivity index is 2.44. The van der Waals surface area contributed by atoms with E-state index >= 15 is 0 Å². The molecule has 132 valence electrons. The van der Waals surface area contributed by atoms with Crippen molar-refractivity contribution in [2.24, 2.45) is 16.8 Å². The Morgan fingerprint density at radius 1 is 1.25 bits per heavy atom. The summed E-state index contributed by atoms with van der Waals surface area (Å²) < 4.78 is 6.14. The van der Waals surface area contributed by atoms with E-state index in [2.05, 4.69) is 25.8 Å². The van der Waals surface area contributed by atoms with Crippen LogP contribution in [0.4, 0.5) is 5.69 Å². The molecule has 0 radical (unpaired) electrons. The number of para-hydroxylation sites is 1. The third-order valence-electron chi connectivity index (χ3n) is 4.54. The molecule has 0 unspecified atom stereocenters. The molecule has 1 aliphatic heterocycles. The van der Waals surface area contributed by atoms with E-state index in [0.29, 0.717) is 6.02 Å². The lowest BCUT2D eigenvalue weighted by Gasteiger charge is -2.32. The van der Waals surface area contributed by atoms with Crippen molar-refractivity contribution in [3.8, 4) is 0 Å². The molecule has 1 aliphatic rings. The minimum atomic E-state index is -0.455. The fraction of sp³-hybridized carbons (Fsp3) is 0.600. The molecule has 1 aromatic carbocycles. The zero-order valence-corrected chi connectivity index (χ0v) is 15.7. The summed E-state index contributed by atoms with van der Waals surface area (Å²) in [7, 11) is 0. The number of hydrogen-bond donors (Lipinski definition) is 0. The van der Waals surface area contributed by atoms with Crippen molar-refractivity contribution in [2.45, 2.75) is 66.0 Å². The van der Waals surface area contributed by atoms with Gasteiger partial charge in [-0.25, -0.2) is 0 Å². The first-order valence-corrected chi connectivity index (χ1v) is 8.93. The van der Waals surface area contributed by atoms with Crippen molar-refractivity contribution >= 4 is 17.6 Å². The molecule has 24 heavy (non-hydrogen) atoms. The van der Waals surface area contributed by atoms with Crippen LogP contribution in [0.2, 0.25) is 0 Å². The molecule has 0 N–H and O–H groups in total. The van der Waals surface area contributed by atoms with Crippen molar-refractivity contribution in [3.63, 3.8) is 0 Å². The summed E-state index contributed by atoms with van der Waals surface area (Å²) in [5.41, 5.74) is 0.345. The summed E-state index contributed by atoms with van der Waals surface area (Å²) in [4.78, 5) is 19.5. The molecule has 4 heteroatoms. The van der Waals surface area contributed by atoms with Crippen LogP contribution in [0.1, 0.15) is 54.4 Å². The molecular formula is C20H30N2O2. The van der Waals surface area contributed by atoms with Gasteiger partial charge in [-0.1, -0.05) is 52.3 Å². The first-order valence-electron chi connectivity index (χ1n) is 8.93. The highest BCUT2D eigenvalue weighted by Gasteiger charge is 2.51. The maximum Gasteiger partial charge on any atom is 0.300 e. The molecule has 2 rings (SSSR count). The molecule has 1 fully saturated rings. The van der Waals surface area contributed by atoms with Gasteiger partial charge in [0.15, 0.2) is 0 Å². The van der Waals surface area contributed by atoms with E-state index in [0.717, 1.165) is 18.5 Å². The van der Waals surface area contributed by atoms with Crippen LogP contribution >= 0.6 is 0 Å². The number of ether oxygens (including phenoxy) is 1. The maximum atomic E-state index is 13.1. The Morgan fingerprint density at radius 2 is 1.88 bits per heavy atom. The Labute approximate surface area is 145 Å². The molecule has 4 nitrogen and oxygen atoms in total. The van der Waals surface area contributed by atoms with Gasteiger partial charge in [-0.3, -0.25) is 9.69 Å². The van der Waals surface area contributed by atoms with Crippen molar-refractivity contribution in [3.05, 3.63) is 30.3 Å². The zero-order chi connectivity index (χ0) is 17.9. The van der Waals surface area contributed by atoms with E-state index in [1.54, 1.807) is 4.90 Å². The minimum Gasteiger partial charge on any atom is -0.456 e. The standard InChI is InChI=1S/C20H30N2O2/c1-7-11-15(4)18(23)22-17(14(2)3)20(5,6)24-19(22)21-16-12-9-8-10-13-16/h8-10,12-15,17H,7,11H2,1-6H3/t15-,17+/m1/s1. The number of hydrogen-bond acceptors (Lipinski definition) is 3. The second-order valence-corrected chi connectivity index (χ2v) is 7.52. The van der Waals surface area contributed by atoms with Gasteiger partial charge >= 0.3 is 0 Å². The van der Waals surface area contributed by atoms with Gasteiger partial charge in [-0.15, -0.1) is 0 Å². The number of carbonyl (C=O) groups is 1. The van der Waals surface area contributed by atoms with Gasteiger partial charge in [0.2, 0.25) is 5.91 Å². The van der Waals surface area contributed by atoms with Crippen LogP contribution in [0.5, 0.6) is 0 Å². The second-order valence-electron chi connectivity index (χ2n) is 7.52. The fourth-order valence-corrected chi connectivity index (χ4v) is 3.59. The van der Waals surface area contributed by atoms with Gasteiger partial charge in [0.1, 0.15) is 5.60 Å². The molecule has 1 aromatic rings. The number of amidine groups is 1. The van der Waals surface area contributed by atoms with Crippen LogP contribution in [-0.2, 0) is 9.53 Å². The van der Waals surface area contributed by atoms with E-state index in [-0.39, 0.29) is 23.8 Å². The van der Waals surface area contributed by atoms with Gasteiger partial charge in [-0.05, 0) is 38.3 Å². The van der Waals surface area contributed by atoms with E-state index < -0.39 is 5.60 Å². The molecule has 0 aliphatic carbocycles. The Hall–Kier alpha value is -1.84. The topological polar surface area (TPSA) is 41.9 Å². The smallest absolute Gasteiger partial charge is 0.300 e. The van der Waals surface area contributed by atoms with Crippen LogP contribution in [0, 0.1) is 11.8 Å². The first-order chi connectivity index (χ1) is 11.3. The summed E-state index contributed by atoms with van der Waals surface area (Å²) in [5, 5.41) is 0. The SMILES string of the molecule is CCC[C@@H](C)C(=O)N1C(=Nc2ccccc2)OC(C)(C)[C@@H]1C(C)C. The summed E-state index contributed by atoms with van der Waals surface area (Å²) in [5.74, 6) is 0.353. The monoisotopic (exact) mass is 330 g/mol. The van der Waals surface area contributed by atoms with Crippen molar-refractivity contribution < 1.29 is 9.53 Å². The lowest BCUT2D eigenvalue weighted by molar-refractivity contribution is -0.133. The molecule has 1 amide bonds. The Morgan fingerprint density at radius 3 is 2.42 bits per heavy atom. The number of rotatable bonds is 5. The van der Waals surface area contributed by atoms with Gasteiger partial charge in [-0.2, -0.15) is 4.99 Å². The normalized spacial score (nSPS) is 22.7. The van der Waals surface area contributed by atoms with Gasteiger partial charge < -0.3 is 4.74 Å². The molecule has 0 aromatic heterocycles. The Bertz CT molecular complexity index is 593. The summed E-state index contributed by atoms with van der Waals surface area (Å²) >= 11 is 0. The second kappa shape index (κ2) is 7.37. The molecule has 2 atom stereocenters. The fourth-order valence-electron chi connectivity index (χ4n) is 3.59. The van der Waals surface area contributed by atoms with Crippen molar-refractivity contribution in [1.82, 2.24) is 4.90 Å². The lowest BCUT2D eigenvalue weighted by Crippen LogP contribution is -2.49. The number of nitrogens with zero attached hydrogens (tertiary/aromatic N) is 2. The average Bonchev–Trinajstić information content (AvgIpc) is 2.78. The minimum absolute atomic E-state index is 0.0215. The highest BCUT2D eigenvalue weighted by Crippen LogP contribution is 2.36. The average molecular weight is 330 g/mol. The van der Waals surface area contributed by atoms with Crippen LogP contribution < -0.4 is 0 Å². The van der Waals surface area contributed by atoms with Crippen LogP contribution in [0.25, 0.3) is 0 Å². The quantitative estimate of drug-likeness (QED) is 0.780. The summed E-state index contributed by atoms with van der Waals surface area (Å²) in [6.07, 6.45) is 1.86. The third kappa shape index (κ3) is 3.80. The number of carbonyl (C=O) groups excluding carboxylic acids is 1. The molecule has 0 bridgehead atoms. The summed E-state index contributed by atoms with van der Waals surface area (Å²) in [6.45, 7) is 12.4. The molecule has 1 saturated heterocycles. The third-order valence-corrected chi connectivity index (χ3v) is 4.54. The van der Waals surface area contributed by atoms with Gasteiger partial charge in [0.25, 0.3) is 6.02 Å². The molecule has 1 heterocycles. The lowest BCUT2D eigenvalue weighted by atomic mass is 9.88. The highest BCUT2D eigenvalue weighted by molar-refractivity contribution is 5.98. The van der Waals surface area contributed by atoms with Crippen LogP contribution in [-0.4, -0.2) is 28.5 Å². The number of aliphatic imine (C=N–C) groups is 1. The van der Waals surface area contributed by atoms with Crippen LogP contribution in [0.15, 0.2) is 35.3 Å². The molecule has 0 spiro atoms. The predicted molar refractivity (Wildman–Crippen MR) is 98.2 cm³/mol. The van der Waals surface area contributed by atoms with E-state index in [1.807, 2.05) is 51.1 Å². The van der Waals surface area contributed by atoms with Gasteiger partial charge in [0, 0.05) is 5.92 Å². The van der Waals surface area contributed by atoms with Crippen molar-refractivity contribution in [1.29, 1.82) is 0 Å². The summed E-state index contributed by atoms with van der Waals surface area (Å²) in [6, 6.07) is 10.1. The van der Waals surface area contributed by atoms with Crippen molar-refractivity contribution in [2.75, 3.05) is 0 Å². The zero-order valence-electron chi connectivity index (χ0n) is 15.7. The number of benzene rings is 1.